The highest BCUT2D eigenvalue weighted by Gasteiger charge is 2.26. The highest BCUT2D eigenvalue weighted by Crippen LogP contribution is 2.22. The molecule has 126 valence electrons. The third-order valence-electron chi connectivity index (χ3n) is 4.86. The lowest BCUT2D eigenvalue weighted by Gasteiger charge is -2.39. The summed E-state index contributed by atoms with van der Waals surface area (Å²) in [6.07, 6.45) is 9.50. The van der Waals surface area contributed by atoms with E-state index in [0.717, 1.165) is 32.8 Å². The number of ether oxygens (including phenoxy) is 1. The molecular formula is C18H26N2O3. The Kier molecular flexibility index (Phi) is 5.88. The summed E-state index contributed by atoms with van der Waals surface area (Å²) >= 11 is 0. The Morgan fingerprint density at radius 3 is 2.74 bits per heavy atom. The third kappa shape index (κ3) is 4.94. The van der Waals surface area contributed by atoms with Crippen LogP contribution in [0.15, 0.2) is 28.9 Å². The average Bonchev–Trinajstić information content (AvgIpc) is 3.13. The van der Waals surface area contributed by atoms with Gasteiger partial charge < -0.3 is 19.4 Å². The van der Waals surface area contributed by atoms with E-state index in [1.807, 2.05) is 12.1 Å². The second-order valence-electron chi connectivity index (χ2n) is 6.42. The van der Waals surface area contributed by atoms with Crippen LogP contribution in [0, 0.1) is 5.92 Å². The largest absolute Gasteiger partial charge is 0.465 e. The van der Waals surface area contributed by atoms with Crippen LogP contribution in [0.1, 0.15) is 31.4 Å². The summed E-state index contributed by atoms with van der Waals surface area (Å²) in [5, 5.41) is 3.00. The molecule has 0 radical (unpaired) electrons. The molecule has 5 nitrogen and oxygen atoms in total. The second kappa shape index (κ2) is 8.31. The van der Waals surface area contributed by atoms with E-state index in [2.05, 4.69) is 10.2 Å². The molecule has 0 spiro atoms. The Morgan fingerprint density at radius 2 is 2.04 bits per heavy atom. The second-order valence-corrected chi connectivity index (χ2v) is 6.42. The van der Waals surface area contributed by atoms with Crippen molar-refractivity contribution in [1.82, 2.24) is 10.2 Å². The third-order valence-corrected chi connectivity index (χ3v) is 4.86. The van der Waals surface area contributed by atoms with Gasteiger partial charge in [-0.25, -0.2) is 0 Å². The Hall–Kier alpha value is -1.59. The molecule has 1 aromatic rings. The molecule has 0 bridgehead atoms. The zero-order valence-corrected chi connectivity index (χ0v) is 13.6. The minimum Gasteiger partial charge on any atom is -0.465 e. The van der Waals surface area contributed by atoms with Crippen molar-refractivity contribution >= 4 is 12.0 Å². The molecule has 0 saturated carbocycles. The quantitative estimate of drug-likeness (QED) is 0.847. The van der Waals surface area contributed by atoms with E-state index in [1.165, 1.54) is 31.8 Å². The van der Waals surface area contributed by atoms with Gasteiger partial charge in [0.1, 0.15) is 5.76 Å². The van der Waals surface area contributed by atoms with Crippen LogP contribution in [-0.2, 0) is 9.53 Å². The van der Waals surface area contributed by atoms with Crippen LogP contribution in [0.4, 0.5) is 0 Å². The van der Waals surface area contributed by atoms with Crippen molar-refractivity contribution in [3.63, 3.8) is 0 Å². The van der Waals surface area contributed by atoms with Crippen molar-refractivity contribution in [2.45, 2.75) is 31.7 Å². The van der Waals surface area contributed by atoms with Gasteiger partial charge in [0, 0.05) is 31.9 Å². The summed E-state index contributed by atoms with van der Waals surface area (Å²) in [6, 6.07) is 4.34. The zero-order valence-electron chi connectivity index (χ0n) is 13.6. The van der Waals surface area contributed by atoms with Gasteiger partial charge in [-0.05, 0) is 62.9 Å². The molecule has 0 aromatic carbocycles. The van der Waals surface area contributed by atoms with Crippen LogP contribution < -0.4 is 5.32 Å². The molecule has 23 heavy (non-hydrogen) atoms. The Morgan fingerprint density at radius 1 is 1.26 bits per heavy atom. The lowest BCUT2D eigenvalue weighted by molar-refractivity contribution is -0.116. The summed E-state index contributed by atoms with van der Waals surface area (Å²) in [7, 11) is 0. The fourth-order valence-corrected chi connectivity index (χ4v) is 3.42. The highest BCUT2D eigenvalue weighted by molar-refractivity contribution is 5.91. The Labute approximate surface area is 137 Å². The van der Waals surface area contributed by atoms with E-state index in [9.17, 15) is 4.79 Å². The Bertz CT molecular complexity index is 498. The van der Waals surface area contributed by atoms with Gasteiger partial charge in [-0.1, -0.05) is 0 Å². The molecule has 1 aromatic heterocycles. The molecule has 0 aliphatic carbocycles. The first kappa shape index (κ1) is 16.3. The molecule has 0 atom stereocenters. The summed E-state index contributed by atoms with van der Waals surface area (Å²) in [5.41, 5.74) is 0. The number of piperidine rings is 1. The average molecular weight is 318 g/mol. The SMILES string of the molecule is O=C(C=Cc1ccco1)NCC1CCN(C2CCOCC2)CC1. The van der Waals surface area contributed by atoms with Gasteiger partial charge in [-0.2, -0.15) is 0 Å². The fraction of sp³-hybridized carbons (Fsp3) is 0.611. The van der Waals surface area contributed by atoms with Gasteiger partial charge >= 0.3 is 0 Å². The zero-order chi connectivity index (χ0) is 15.9. The van der Waals surface area contributed by atoms with Crippen LogP contribution in [0.25, 0.3) is 6.08 Å². The van der Waals surface area contributed by atoms with Crippen LogP contribution in [0.5, 0.6) is 0 Å². The first-order chi connectivity index (χ1) is 11.3. The van der Waals surface area contributed by atoms with Crippen LogP contribution >= 0.6 is 0 Å². The molecule has 1 N–H and O–H groups in total. The molecule has 2 saturated heterocycles. The fourth-order valence-electron chi connectivity index (χ4n) is 3.42. The summed E-state index contributed by atoms with van der Waals surface area (Å²) in [4.78, 5) is 14.4. The summed E-state index contributed by atoms with van der Waals surface area (Å²) in [6.45, 7) is 4.87. The number of amides is 1. The van der Waals surface area contributed by atoms with Crippen molar-refractivity contribution in [2.75, 3.05) is 32.8 Å². The highest BCUT2D eigenvalue weighted by atomic mass is 16.5. The molecule has 1 amide bonds. The molecule has 2 fully saturated rings. The Balaban J connectivity index is 1.35. The molecule has 2 aliphatic heterocycles. The van der Waals surface area contributed by atoms with Gasteiger partial charge in [0.05, 0.1) is 6.26 Å². The van der Waals surface area contributed by atoms with Gasteiger partial charge in [0.15, 0.2) is 0 Å². The number of nitrogens with zero attached hydrogens (tertiary/aromatic N) is 1. The number of hydrogen-bond donors (Lipinski definition) is 1. The van der Waals surface area contributed by atoms with E-state index in [4.69, 9.17) is 9.15 Å². The first-order valence-electron chi connectivity index (χ1n) is 8.62. The van der Waals surface area contributed by atoms with E-state index < -0.39 is 0 Å². The molecule has 5 heteroatoms. The van der Waals surface area contributed by atoms with Crippen molar-refractivity contribution in [3.05, 3.63) is 30.2 Å². The van der Waals surface area contributed by atoms with Crippen molar-refractivity contribution in [1.29, 1.82) is 0 Å². The molecule has 3 heterocycles. The van der Waals surface area contributed by atoms with E-state index >= 15 is 0 Å². The number of rotatable bonds is 5. The van der Waals surface area contributed by atoms with Gasteiger partial charge in [-0.15, -0.1) is 0 Å². The lowest BCUT2D eigenvalue weighted by Crippen LogP contribution is -2.45. The van der Waals surface area contributed by atoms with Crippen LogP contribution in [-0.4, -0.2) is 49.7 Å². The first-order valence-corrected chi connectivity index (χ1v) is 8.62. The summed E-state index contributed by atoms with van der Waals surface area (Å²) in [5.74, 6) is 1.24. The number of furan rings is 1. The maximum Gasteiger partial charge on any atom is 0.244 e. The van der Waals surface area contributed by atoms with Crippen molar-refractivity contribution in [2.24, 2.45) is 5.92 Å². The van der Waals surface area contributed by atoms with Gasteiger partial charge in [-0.3, -0.25) is 4.79 Å². The molecular weight excluding hydrogens is 292 g/mol. The monoisotopic (exact) mass is 318 g/mol. The summed E-state index contributed by atoms with van der Waals surface area (Å²) < 4.78 is 10.6. The maximum atomic E-state index is 11.8. The van der Waals surface area contributed by atoms with E-state index in [1.54, 1.807) is 12.3 Å². The lowest BCUT2D eigenvalue weighted by atomic mass is 9.94. The predicted molar refractivity (Wildman–Crippen MR) is 88.9 cm³/mol. The standard InChI is InChI=1S/C18H26N2O3/c21-18(4-3-17-2-1-11-23-17)19-14-15-5-9-20(10-6-15)16-7-12-22-13-8-16/h1-4,11,15-16H,5-10,12-14H2,(H,19,21). The van der Waals surface area contributed by atoms with Crippen LogP contribution in [0.2, 0.25) is 0 Å². The normalized spacial score (nSPS) is 21.7. The van der Waals surface area contributed by atoms with Crippen molar-refractivity contribution < 1.29 is 13.9 Å². The molecule has 0 unspecified atom stereocenters. The predicted octanol–water partition coefficient (Wildman–Crippen LogP) is 2.30. The number of likely N-dealkylation sites (tertiary alicyclic amines) is 1. The topological polar surface area (TPSA) is 54.7 Å². The smallest absolute Gasteiger partial charge is 0.244 e. The van der Waals surface area contributed by atoms with Gasteiger partial charge in [0.2, 0.25) is 5.91 Å². The van der Waals surface area contributed by atoms with Crippen LogP contribution in [0.3, 0.4) is 0 Å². The minimum absolute atomic E-state index is 0.0479. The molecule has 3 rings (SSSR count). The molecule has 2 aliphatic rings. The number of nitrogens with one attached hydrogen (secondary N) is 1. The maximum absolute atomic E-state index is 11.8. The van der Waals surface area contributed by atoms with Crippen molar-refractivity contribution in [3.8, 4) is 0 Å². The van der Waals surface area contributed by atoms with Gasteiger partial charge in [0.25, 0.3) is 0 Å². The van der Waals surface area contributed by atoms with E-state index in [0.29, 0.717) is 17.7 Å². The number of hydrogen-bond acceptors (Lipinski definition) is 4. The minimum atomic E-state index is -0.0479. The van der Waals surface area contributed by atoms with E-state index in [-0.39, 0.29) is 5.91 Å². The number of carbonyl (C=O) groups excluding carboxylic acids is 1. The number of carbonyl (C=O) groups is 1.